The van der Waals surface area contributed by atoms with E-state index in [2.05, 4.69) is 16.0 Å². The standard InChI is InChI=1S/C15H24N4O3.ClH/c1-10(12(20)17-11-4-8-16-9-5-11)19-13(21)15(18-14(19)22)6-2-3-7-15;/h10-11,16H,2-9H2,1H3,(H,17,20)(H,18,22);1H. The molecule has 1 unspecified atom stereocenters. The van der Waals surface area contributed by atoms with Crippen molar-refractivity contribution >= 4 is 30.3 Å². The van der Waals surface area contributed by atoms with Crippen molar-refractivity contribution in [1.82, 2.24) is 20.9 Å². The lowest BCUT2D eigenvalue weighted by Crippen LogP contribution is -2.53. The number of rotatable bonds is 3. The van der Waals surface area contributed by atoms with Crippen LogP contribution in [0.25, 0.3) is 0 Å². The molecule has 3 aliphatic rings. The second-order valence-corrected chi connectivity index (χ2v) is 6.60. The highest BCUT2D eigenvalue weighted by atomic mass is 35.5. The molecule has 2 heterocycles. The summed E-state index contributed by atoms with van der Waals surface area (Å²) in [5.41, 5.74) is -0.750. The van der Waals surface area contributed by atoms with Gasteiger partial charge >= 0.3 is 6.03 Å². The van der Waals surface area contributed by atoms with Crippen LogP contribution < -0.4 is 16.0 Å². The Bertz CT molecular complexity index is 487. The molecule has 2 aliphatic heterocycles. The maximum absolute atomic E-state index is 12.6. The van der Waals surface area contributed by atoms with Crippen LogP contribution >= 0.6 is 12.4 Å². The highest BCUT2D eigenvalue weighted by Crippen LogP contribution is 2.35. The second-order valence-electron chi connectivity index (χ2n) is 6.60. The average molecular weight is 345 g/mol. The van der Waals surface area contributed by atoms with Gasteiger partial charge in [-0.1, -0.05) is 12.8 Å². The Hall–Kier alpha value is -1.34. The van der Waals surface area contributed by atoms with E-state index in [0.717, 1.165) is 43.7 Å². The zero-order valence-electron chi connectivity index (χ0n) is 13.4. The maximum atomic E-state index is 12.6. The predicted molar refractivity (Wildman–Crippen MR) is 87.3 cm³/mol. The molecule has 0 radical (unpaired) electrons. The topological polar surface area (TPSA) is 90.5 Å². The summed E-state index contributed by atoms with van der Waals surface area (Å²) in [5, 5.41) is 9.02. The van der Waals surface area contributed by atoms with E-state index < -0.39 is 17.6 Å². The average Bonchev–Trinajstić information content (AvgIpc) is 3.06. The van der Waals surface area contributed by atoms with Crippen LogP contribution in [0.15, 0.2) is 0 Å². The summed E-state index contributed by atoms with van der Waals surface area (Å²) in [7, 11) is 0. The number of piperidine rings is 1. The number of nitrogens with zero attached hydrogens (tertiary/aromatic N) is 1. The first-order chi connectivity index (χ1) is 10.5. The molecule has 1 saturated carbocycles. The Morgan fingerprint density at radius 1 is 1.26 bits per heavy atom. The van der Waals surface area contributed by atoms with Gasteiger partial charge in [0.15, 0.2) is 0 Å². The summed E-state index contributed by atoms with van der Waals surface area (Å²) in [6, 6.07) is -1.07. The molecular weight excluding hydrogens is 320 g/mol. The first-order valence-electron chi connectivity index (χ1n) is 8.20. The normalized spacial score (nSPS) is 25.2. The summed E-state index contributed by atoms with van der Waals surface area (Å²) in [4.78, 5) is 38.3. The Balaban J connectivity index is 0.00000192. The van der Waals surface area contributed by atoms with Crippen LogP contribution in [0, 0.1) is 0 Å². The van der Waals surface area contributed by atoms with Crippen LogP contribution in [0.5, 0.6) is 0 Å². The van der Waals surface area contributed by atoms with Crippen molar-refractivity contribution < 1.29 is 14.4 Å². The minimum Gasteiger partial charge on any atom is -0.351 e. The van der Waals surface area contributed by atoms with Crippen molar-refractivity contribution in [3.8, 4) is 0 Å². The number of hydrogen-bond acceptors (Lipinski definition) is 4. The van der Waals surface area contributed by atoms with Crippen molar-refractivity contribution in [3.63, 3.8) is 0 Å². The molecule has 8 heteroatoms. The molecule has 1 atom stereocenters. The molecule has 0 bridgehead atoms. The Kier molecular flexibility index (Phi) is 5.52. The number of carbonyl (C=O) groups excluding carboxylic acids is 3. The van der Waals surface area contributed by atoms with Gasteiger partial charge in [-0.3, -0.25) is 9.59 Å². The van der Waals surface area contributed by atoms with Gasteiger partial charge in [-0.05, 0) is 45.7 Å². The fourth-order valence-electron chi connectivity index (χ4n) is 3.72. The Morgan fingerprint density at radius 3 is 2.48 bits per heavy atom. The molecule has 1 spiro atoms. The Morgan fingerprint density at radius 2 is 1.87 bits per heavy atom. The van der Waals surface area contributed by atoms with Crippen molar-refractivity contribution in [1.29, 1.82) is 0 Å². The van der Waals surface area contributed by atoms with Crippen LogP contribution in [0.3, 0.4) is 0 Å². The molecule has 4 amide bonds. The van der Waals surface area contributed by atoms with Gasteiger partial charge in [0.1, 0.15) is 11.6 Å². The van der Waals surface area contributed by atoms with E-state index in [1.807, 2.05) is 0 Å². The van der Waals surface area contributed by atoms with Crippen LogP contribution in [0.2, 0.25) is 0 Å². The van der Waals surface area contributed by atoms with Crippen LogP contribution in [-0.2, 0) is 9.59 Å². The number of halogens is 1. The smallest absolute Gasteiger partial charge is 0.325 e. The molecule has 7 nitrogen and oxygen atoms in total. The first-order valence-corrected chi connectivity index (χ1v) is 8.20. The maximum Gasteiger partial charge on any atom is 0.325 e. The fourth-order valence-corrected chi connectivity index (χ4v) is 3.72. The lowest BCUT2D eigenvalue weighted by atomic mass is 9.97. The van der Waals surface area contributed by atoms with E-state index in [1.54, 1.807) is 6.92 Å². The van der Waals surface area contributed by atoms with Crippen LogP contribution in [0.4, 0.5) is 4.79 Å². The first kappa shape index (κ1) is 18.0. The number of urea groups is 1. The summed E-state index contributed by atoms with van der Waals surface area (Å²) in [6.07, 6.45) is 4.99. The van der Waals surface area contributed by atoms with E-state index in [-0.39, 0.29) is 30.3 Å². The molecule has 3 fully saturated rings. The van der Waals surface area contributed by atoms with Gasteiger partial charge < -0.3 is 16.0 Å². The van der Waals surface area contributed by atoms with E-state index in [9.17, 15) is 14.4 Å². The molecule has 2 saturated heterocycles. The van der Waals surface area contributed by atoms with Gasteiger partial charge in [0.05, 0.1) is 0 Å². The monoisotopic (exact) mass is 344 g/mol. The third-order valence-corrected chi connectivity index (χ3v) is 5.10. The van der Waals surface area contributed by atoms with Crippen LogP contribution in [-0.4, -0.2) is 53.5 Å². The number of hydrogen-bond donors (Lipinski definition) is 3. The van der Waals surface area contributed by atoms with Gasteiger partial charge in [-0.2, -0.15) is 0 Å². The molecule has 0 aromatic carbocycles. The van der Waals surface area contributed by atoms with E-state index >= 15 is 0 Å². The number of carbonyl (C=O) groups is 3. The predicted octanol–water partition coefficient (Wildman–Crippen LogP) is 0.530. The van der Waals surface area contributed by atoms with Crippen molar-refractivity contribution in [2.45, 2.75) is 63.1 Å². The minimum absolute atomic E-state index is 0. The van der Waals surface area contributed by atoms with Gasteiger partial charge in [0.2, 0.25) is 5.91 Å². The van der Waals surface area contributed by atoms with Crippen molar-refractivity contribution in [3.05, 3.63) is 0 Å². The van der Waals surface area contributed by atoms with Gasteiger partial charge in [0.25, 0.3) is 5.91 Å². The van der Waals surface area contributed by atoms with Gasteiger partial charge in [0, 0.05) is 6.04 Å². The number of imide groups is 1. The summed E-state index contributed by atoms with van der Waals surface area (Å²) >= 11 is 0. The quantitative estimate of drug-likeness (QED) is 0.651. The number of amides is 4. The largest absolute Gasteiger partial charge is 0.351 e. The van der Waals surface area contributed by atoms with E-state index in [1.165, 1.54) is 0 Å². The number of nitrogens with one attached hydrogen (secondary N) is 3. The Labute approximate surface area is 142 Å². The molecule has 130 valence electrons. The van der Waals surface area contributed by atoms with Crippen LogP contribution in [0.1, 0.15) is 45.4 Å². The highest BCUT2D eigenvalue weighted by Gasteiger charge is 2.54. The summed E-state index contributed by atoms with van der Waals surface area (Å²) in [6.45, 7) is 3.39. The van der Waals surface area contributed by atoms with Crippen molar-refractivity contribution in [2.24, 2.45) is 0 Å². The summed E-state index contributed by atoms with van der Waals surface area (Å²) in [5.74, 6) is -0.478. The SMILES string of the molecule is CC(C(=O)NC1CCNCC1)N1C(=O)NC2(CCCC2)C1=O.Cl. The molecular formula is C15H25ClN4O3. The minimum atomic E-state index is -0.762. The molecule has 3 rings (SSSR count). The highest BCUT2D eigenvalue weighted by molar-refractivity contribution is 6.09. The third kappa shape index (κ3) is 3.30. The zero-order valence-corrected chi connectivity index (χ0v) is 14.2. The lowest BCUT2D eigenvalue weighted by molar-refractivity contribution is -0.138. The third-order valence-electron chi connectivity index (χ3n) is 5.10. The molecule has 0 aromatic rings. The van der Waals surface area contributed by atoms with E-state index in [0.29, 0.717) is 12.8 Å². The zero-order chi connectivity index (χ0) is 15.7. The second kappa shape index (κ2) is 7.05. The fraction of sp³-hybridized carbons (Fsp3) is 0.800. The van der Waals surface area contributed by atoms with E-state index in [4.69, 9.17) is 0 Å². The molecule has 0 aromatic heterocycles. The van der Waals surface area contributed by atoms with Gasteiger partial charge in [-0.15, -0.1) is 12.4 Å². The van der Waals surface area contributed by atoms with Crippen molar-refractivity contribution in [2.75, 3.05) is 13.1 Å². The molecule has 23 heavy (non-hydrogen) atoms. The molecule has 1 aliphatic carbocycles. The summed E-state index contributed by atoms with van der Waals surface area (Å²) < 4.78 is 0. The molecule has 3 N–H and O–H groups in total. The lowest BCUT2D eigenvalue weighted by Gasteiger charge is -2.28. The van der Waals surface area contributed by atoms with Gasteiger partial charge in [-0.25, -0.2) is 9.69 Å².